The number of hydrogen-bond acceptors (Lipinski definition) is 1. The lowest BCUT2D eigenvalue weighted by Crippen LogP contribution is -2.25. The van der Waals surface area contributed by atoms with Crippen LogP contribution in [0.2, 0.25) is 0 Å². The van der Waals surface area contributed by atoms with Gasteiger partial charge in [-0.05, 0) is 74.0 Å². The fourth-order valence-electron chi connectivity index (χ4n) is 4.12. The number of Topliss-reactive ketones (excluding diaryl/α,β-unsaturated/α-hetero) is 1. The van der Waals surface area contributed by atoms with Gasteiger partial charge >= 0.3 is 0 Å². The smallest absolute Gasteiger partial charge is 0.159 e. The zero-order chi connectivity index (χ0) is 14.8. The van der Waals surface area contributed by atoms with E-state index < -0.39 is 11.6 Å². The molecule has 2 aliphatic rings. The highest BCUT2D eigenvalue weighted by atomic mass is 19.2. The first kappa shape index (κ1) is 14.7. The van der Waals surface area contributed by atoms with Crippen LogP contribution in [0, 0.1) is 23.5 Å². The summed E-state index contributed by atoms with van der Waals surface area (Å²) < 4.78 is 26.3. The van der Waals surface area contributed by atoms with Crippen LogP contribution in [0.15, 0.2) is 18.2 Å². The lowest BCUT2D eigenvalue weighted by molar-refractivity contribution is -0.121. The lowest BCUT2D eigenvalue weighted by Gasteiger charge is -2.35. The molecule has 3 rings (SSSR count). The van der Waals surface area contributed by atoms with E-state index in [0.29, 0.717) is 17.6 Å². The molecule has 0 saturated heterocycles. The topological polar surface area (TPSA) is 17.1 Å². The molecule has 114 valence electrons. The van der Waals surface area contributed by atoms with Crippen LogP contribution in [-0.2, 0) is 4.79 Å². The van der Waals surface area contributed by atoms with Crippen molar-refractivity contribution in [2.24, 2.45) is 11.8 Å². The first-order chi connectivity index (χ1) is 10.1. The number of rotatable bonds is 2. The summed E-state index contributed by atoms with van der Waals surface area (Å²) in [6, 6.07) is 4.33. The summed E-state index contributed by atoms with van der Waals surface area (Å²) in [6.07, 6.45) is 8.05. The molecule has 0 radical (unpaired) electrons. The van der Waals surface area contributed by atoms with Crippen LogP contribution < -0.4 is 0 Å². The SMILES string of the molecule is O=C1CCC(C2CCC(c3ccc(F)c(F)c3)CC2)CC1. The molecule has 2 aliphatic carbocycles. The summed E-state index contributed by atoms with van der Waals surface area (Å²) in [4.78, 5) is 11.3. The van der Waals surface area contributed by atoms with Crippen LogP contribution in [0.5, 0.6) is 0 Å². The minimum absolute atomic E-state index is 0.363. The molecule has 0 aromatic heterocycles. The summed E-state index contributed by atoms with van der Waals surface area (Å²) in [7, 11) is 0. The van der Waals surface area contributed by atoms with Gasteiger partial charge in [0.1, 0.15) is 5.78 Å². The molecule has 21 heavy (non-hydrogen) atoms. The number of benzene rings is 1. The van der Waals surface area contributed by atoms with Crippen LogP contribution >= 0.6 is 0 Å². The fraction of sp³-hybridized carbons (Fsp3) is 0.611. The summed E-state index contributed by atoms with van der Waals surface area (Å²) in [6.45, 7) is 0. The largest absolute Gasteiger partial charge is 0.300 e. The second kappa shape index (κ2) is 6.25. The highest BCUT2D eigenvalue weighted by Crippen LogP contribution is 2.42. The Labute approximate surface area is 124 Å². The van der Waals surface area contributed by atoms with Crippen molar-refractivity contribution in [1.82, 2.24) is 0 Å². The molecule has 0 bridgehead atoms. The van der Waals surface area contributed by atoms with E-state index in [9.17, 15) is 13.6 Å². The van der Waals surface area contributed by atoms with Gasteiger partial charge < -0.3 is 0 Å². The number of carbonyl (C=O) groups is 1. The fourth-order valence-corrected chi connectivity index (χ4v) is 4.12. The predicted octanol–water partition coefficient (Wildman–Crippen LogP) is 5.00. The van der Waals surface area contributed by atoms with Crippen molar-refractivity contribution in [3.8, 4) is 0 Å². The van der Waals surface area contributed by atoms with Crippen molar-refractivity contribution in [2.75, 3.05) is 0 Å². The molecular formula is C18H22F2O. The molecule has 1 nitrogen and oxygen atoms in total. The normalized spacial score (nSPS) is 27.8. The van der Waals surface area contributed by atoms with Gasteiger partial charge in [0.25, 0.3) is 0 Å². The molecule has 0 unspecified atom stereocenters. The van der Waals surface area contributed by atoms with Crippen LogP contribution in [0.1, 0.15) is 62.8 Å². The molecule has 0 aliphatic heterocycles. The summed E-state index contributed by atoms with van der Waals surface area (Å²) in [5, 5.41) is 0. The van der Waals surface area contributed by atoms with Crippen LogP contribution in [-0.4, -0.2) is 5.78 Å². The van der Waals surface area contributed by atoms with Crippen molar-refractivity contribution < 1.29 is 13.6 Å². The maximum atomic E-state index is 13.3. The van der Waals surface area contributed by atoms with E-state index >= 15 is 0 Å². The van der Waals surface area contributed by atoms with Gasteiger partial charge in [0.05, 0.1) is 0 Å². The first-order valence-corrected chi connectivity index (χ1v) is 8.10. The third-order valence-corrected chi connectivity index (χ3v) is 5.44. The van der Waals surface area contributed by atoms with E-state index in [0.717, 1.165) is 62.8 Å². The van der Waals surface area contributed by atoms with Gasteiger partial charge in [0, 0.05) is 12.8 Å². The van der Waals surface area contributed by atoms with E-state index in [1.165, 1.54) is 12.1 Å². The van der Waals surface area contributed by atoms with Crippen molar-refractivity contribution in [1.29, 1.82) is 0 Å². The van der Waals surface area contributed by atoms with E-state index in [1.807, 2.05) is 0 Å². The van der Waals surface area contributed by atoms with Crippen molar-refractivity contribution in [3.05, 3.63) is 35.4 Å². The molecule has 1 aromatic carbocycles. The van der Waals surface area contributed by atoms with Crippen LogP contribution in [0.25, 0.3) is 0 Å². The Bertz CT molecular complexity index is 508. The Morgan fingerprint density at radius 1 is 0.810 bits per heavy atom. The Hall–Kier alpha value is -1.25. The van der Waals surface area contributed by atoms with Crippen molar-refractivity contribution in [2.45, 2.75) is 57.3 Å². The zero-order valence-electron chi connectivity index (χ0n) is 12.3. The maximum absolute atomic E-state index is 13.3. The van der Waals surface area contributed by atoms with Crippen LogP contribution in [0.3, 0.4) is 0 Å². The predicted molar refractivity (Wildman–Crippen MR) is 78.0 cm³/mol. The molecule has 0 amide bonds. The molecule has 2 saturated carbocycles. The van der Waals surface area contributed by atoms with Gasteiger partial charge in [0.2, 0.25) is 0 Å². The average Bonchev–Trinajstić information content (AvgIpc) is 2.51. The Morgan fingerprint density at radius 2 is 1.43 bits per heavy atom. The second-order valence-electron chi connectivity index (χ2n) is 6.66. The van der Waals surface area contributed by atoms with Gasteiger partial charge in [-0.3, -0.25) is 4.79 Å². The molecule has 3 heteroatoms. The minimum Gasteiger partial charge on any atom is -0.300 e. The van der Waals surface area contributed by atoms with Gasteiger partial charge in [0.15, 0.2) is 11.6 Å². The van der Waals surface area contributed by atoms with E-state index in [-0.39, 0.29) is 0 Å². The van der Waals surface area contributed by atoms with E-state index in [2.05, 4.69) is 0 Å². The third-order valence-electron chi connectivity index (χ3n) is 5.44. The van der Waals surface area contributed by atoms with Crippen LogP contribution in [0.4, 0.5) is 8.78 Å². The second-order valence-corrected chi connectivity index (χ2v) is 6.66. The highest BCUT2D eigenvalue weighted by Gasteiger charge is 2.30. The van der Waals surface area contributed by atoms with Gasteiger partial charge in [-0.15, -0.1) is 0 Å². The van der Waals surface area contributed by atoms with Gasteiger partial charge in [-0.1, -0.05) is 6.07 Å². The number of carbonyl (C=O) groups excluding carboxylic acids is 1. The van der Waals surface area contributed by atoms with Gasteiger partial charge in [-0.2, -0.15) is 0 Å². The first-order valence-electron chi connectivity index (χ1n) is 8.10. The number of halogens is 2. The Morgan fingerprint density at radius 3 is 2.05 bits per heavy atom. The Balaban J connectivity index is 1.57. The van der Waals surface area contributed by atoms with E-state index in [1.54, 1.807) is 6.07 Å². The molecular weight excluding hydrogens is 270 g/mol. The third kappa shape index (κ3) is 3.33. The Kier molecular flexibility index (Phi) is 4.37. The van der Waals surface area contributed by atoms with E-state index in [4.69, 9.17) is 0 Å². The highest BCUT2D eigenvalue weighted by molar-refractivity contribution is 5.79. The number of hydrogen-bond donors (Lipinski definition) is 0. The quantitative estimate of drug-likeness (QED) is 0.750. The zero-order valence-corrected chi connectivity index (χ0v) is 12.3. The molecule has 1 aromatic rings. The lowest BCUT2D eigenvalue weighted by atomic mass is 9.70. The molecule has 2 fully saturated rings. The summed E-state index contributed by atoms with van der Waals surface area (Å²) in [5.74, 6) is 0.705. The summed E-state index contributed by atoms with van der Waals surface area (Å²) >= 11 is 0. The van der Waals surface area contributed by atoms with Gasteiger partial charge in [-0.25, -0.2) is 8.78 Å². The monoisotopic (exact) mass is 292 g/mol. The van der Waals surface area contributed by atoms with Crippen molar-refractivity contribution >= 4 is 5.78 Å². The van der Waals surface area contributed by atoms with Crippen molar-refractivity contribution in [3.63, 3.8) is 0 Å². The summed E-state index contributed by atoms with van der Waals surface area (Å²) in [5.41, 5.74) is 0.936. The molecule has 0 heterocycles. The molecule has 0 atom stereocenters. The minimum atomic E-state index is -0.765. The molecule has 0 spiro atoms. The number of ketones is 1. The molecule has 0 N–H and O–H groups in total. The standard InChI is InChI=1S/C18H22F2O/c19-17-10-7-15(11-18(17)20)14-3-1-12(2-4-14)13-5-8-16(21)9-6-13/h7,10-14H,1-6,8-9H2. The maximum Gasteiger partial charge on any atom is 0.159 e. The average molecular weight is 292 g/mol.